The van der Waals surface area contributed by atoms with Crippen LogP contribution in [0.3, 0.4) is 0 Å². The molecule has 86 valence electrons. The summed E-state index contributed by atoms with van der Waals surface area (Å²) >= 11 is 0. The highest BCUT2D eigenvalue weighted by Gasteiger charge is 2.29. The molecule has 0 N–H and O–H groups in total. The first kappa shape index (κ1) is 13.8. The second-order valence-corrected chi connectivity index (χ2v) is 3.73. The first-order chi connectivity index (χ1) is 6.65. The summed E-state index contributed by atoms with van der Waals surface area (Å²) in [5.74, 6) is 0. The van der Waals surface area contributed by atoms with Crippen LogP contribution in [0.25, 0.3) is 0 Å². The number of nitrogens with zero attached hydrogens (tertiary/aromatic N) is 2. The zero-order valence-electron chi connectivity index (χ0n) is 10.3. The van der Waals surface area contributed by atoms with E-state index in [-0.39, 0.29) is 6.04 Å². The van der Waals surface area contributed by atoms with Crippen molar-refractivity contribution in [2.45, 2.75) is 39.4 Å². The predicted molar refractivity (Wildman–Crippen MR) is 60.5 cm³/mol. The van der Waals surface area contributed by atoms with Gasteiger partial charge in [0.05, 0.1) is 0 Å². The molecule has 0 amide bonds. The van der Waals surface area contributed by atoms with Crippen molar-refractivity contribution in [3.05, 3.63) is 0 Å². The Kier molecular flexibility index (Phi) is 7.11. The number of piperidine rings is 1. The zero-order valence-corrected chi connectivity index (χ0v) is 10.3. The number of alkyl halides is 1. The van der Waals surface area contributed by atoms with E-state index >= 15 is 0 Å². The van der Waals surface area contributed by atoms with E-state index < -0.39 is 6.17 Å². The van der Waals surface area contributed by atoms with E-state index in [4.69, 9.17) is 0 Å². The molecule has 2 unspecified atom stereocenters. The van der Waals surface area contributed by atoms with Crippen LogP contribution in [0, 0.1) is 0 Å². The van der Waals surface area contributed by atoms with Crippen molar-refractivity contribution in [3.63, 3.8) is 0 Å². The van der Waals surface area contributed by atoms with Crippen LogP contribution in [0.15, 0.2) is 0 Å². The molecule has 1 fully saturated rings. The summed E-state index contributed by atoms with van der Waals surface area (Å²) in [5.41, 5.74) is 0. The molecule has 3 heteroatoms. The minimum Gasteiger partial charge on any atom is -0.303 e. The van der Waals surface area contributed by atoms with E-state index in [1.54, 1.807) is 0 Å². The Morgan fingerprint density at radius 2 is 1.93 bits per heavy atom. The maximum absolute atomic E-state index is 13.5. The maximum atomic E-state index is 13.5. The molecule has 0 saturated carbocycles. The molecule has 1 saturated heterocycles. The summed E-state index contributed by atoms with van der Waals surface area (Å²) in [6.45, 7) is 8.71. The Hall–Kier alpha value is -0.150. The lowest BCUT2D eigenvalue weighted by molar-refractivity contribution is 0.0609. The predicted octanol–water partition coefficient (Wildman–Crippen LogP) is 2.01. The molecule has 1 rings (SSSR count). The van der Waals surface area contributed by atoms with Crippen LogP contribution in [-0.4, -0.2) is 55.7 Å². The summed E-state index contributed by atoms with van der Waals surface area (Å²) in [5, 5.41) is 0. The van der Waals surface area contributed by atoms with Crippen LogP contribution in [0.1, 0.15) is 27.2 Å². The van der Waals surface area contributed by atoms with Gasteiger partial charge in [-0.2, -0.15) is 0 Å². The van der Waals surface area contributed by atoms with Gasteiger partial charge in [-0.15, -0.1) is 0 Å². The number of rotatable bonds is 2. The summed E-state index contributed by atoms with van der Waals surface area (Å²) in [6, 6.07) is 0.132. The van der Waals surface area contributed by atoms with Gasteiger partial charge in [0, 0.05) is 12.6 Å². The molecule has 0 aromatic rings. The molecule has 1 heterocycles. The van der Waals surface area contributed by atoms with Gasteiger partial charge in [-0.1, -0.05) is 20.8 Å². The van der Waals surface area contributed by atoms with Crippen molar-refractivity contribution in [1.29, 1.82) is 0 Å². The lowest BCUT2D eigenvalue weighted by Gasteiger charge is -2.37. The average molecular weight is 204 g/mol. The molecule has 0 aliphatic carbocycles. The average Bonchev–Trinajstić information content (AvgIpc) is 2.20. The van der Waals surface area contributed by atoms with Crippen molar-refractivity contribution < 1.29 is 4.39 Å². The van der Waals surface area contributed by atoms with Gasteiger partial charge in [-0.05, 0) is 33.6 Å². The fourth-order valence-electron chi connectivity index (χ4n) is 1.82. The van der Waals surface area contributed by atoms with Crippen molar-refractivity contribution in [3.8, 4) is 0 Å². The van der Waals surface area contributed by atoms with Crippen LogP contribution in [0.2, 0.25) is 0 Å². The highest BCUT2D eigenvalue weighted by atomic mass is 19.1. The molecular weight excluding hydrogens is 179 g/mol. The molecule has 2 nitrogen and oxygen atoms in total. The van der Waals surface area contributed by atoms with Crippen molar-refractivity contribution in [2.24, 2.45) is 0 Å². The Labute approximate surface area is 88.1 Å². The normalized spacial score (nSPS) is 28.5. The standard InChI is InChI=1S/C9H19FN2.C2H6/c1-4-12-6-5-9(11(2)3)8(10)7-12;1-2/h8-9H,4-7H2,1-3H3;1-2H3. The fraction of sp³-hybridized carbons (Fsp3) is 1.00. The maximum Gasteiger partial charge on any atom is 0.128 e. The van der Waals surface area contributed by atoms with Crippen LogP contribution in [-0.2, 0) is 0 Å². The molecule has 0 bridgehead atoms. The lowest BCUT2D eigenvalue weighted by atomic mass is 10.0. The van der Waals surface area contributed by atoms with Crippen LogP contribution in [0.4, 0.5) is 4.39 Å². The Balaban J connectivity index is 0.000000791. The minimum atomic E-state index is -0.673. The van der Waals surface area contributed by atoms with Gasteiger partial charge in [0.25, 0.3) is 0 Å². The van der Waals surface area contributed by atoms with Gasteiger partial charge in [-0.3, -0.25) is 0 Å². The molecule has 0 spiro atoms. The van der Waals surface area contributed by atoms with Crippen LogP contribution in [0.5, 0.6) is 0 Å². The van der Waals surface area contributed by atoms with E-state index in [0.29, 0.717) is 6.54 Å². The molecule has 1 aliphatic heterocycles. The summed E-state index contributed by atoms with van der Waals surface area (Å²) in [4.78, 5) is 4.17. The third-order valence-corrected chi connectivity index (χ3v) is 2.70. The quantitative estimate of drug-likeness (QED) is 0.679. The lowest BCUT2D eigenvalue weighted by Crippen LogP contribution is -2.50. The largest absolute Gasteiger partial charge is 0.303 e. The zero-order chi connectivity index (χ0) is 11.1. The molecule has 0 aromatic carbocycles. The molecule has 0 radical (unpaired) electrons. The molecule has 0 aromatic heterocycles. The minimum absolute atomic E-state index is 0.132. The van der Waals surface area contributed by atoms with Crippen LogP contribution < -0.4 is 0 Å². The van der Waals surface area contributed by atoms with Gasteiger partial charge in [0.15, 0.2) is 0 Å². The highest BCUT2D eigenvalue weighted by molar-refractivity contribution is 4.84. The van der Waals surface area contributed by atoms with Crippen molar-refractivity contribution in [2.75, 3.05) is 33.7 Å². The first-order valence-corrected chi connectivity index (χ1v) is 5.68. The first-order valence-electron chi connectivity index (χ1n) is 5.68. The summed E-state index contributed by atoms with van der Waals surface area (Å²) in [7, 11) is 3.91. The third kappa shape index (κ3) is 3.93. The number of hydrogen-bond acceptors (Lipinski definition) is 2. The molecule has 14 heavy (non-hydrogen) atoms. The van der Waals surface area contributed by atoms with Gasteiger partial charge >= 0.3 is 0 Å². The van der Waals surface area contributed by atoms with E-state index in [0.717, 1.165) is 19.5 Å². The SMILES string of the molecule is CC.CCN1CCC(N(C)C)C(F)C1. The van der Waals surface area contributed by atoms with Gasteiger partial charge in [0.2, 0.25) is 0 Å². The van der Waals surface area contributed by atoms with E-state index in [1.165, 1.54) is 0 Å². The number of likely N-dealkylation sites (tertiary alicyclic amines) is 1. The van der Waals surface area contributed by atoms with E-state index in [2.05, 4.69) is 11.8 Å². The van der Waals surface area contributed by atoms with Crippen LogP contribution >= 0.6 is 0 Å². The topological polar surface area (TPSA) is 6.48 Å². The Morgan fingerprint density at radius 1 is 1.36 bits per heavy atom. The summed E-state index contributed by atoms with van der Waals surface area (Å²) in [6.07, 6.45) is 0.288. The molecule has 2 atom stereocenters. The van der Waals surface area contributed by atoms with Crippen molar-refractivity contribution in [1.82, 2.24) is 9.80 Å². The van der Waals surface area contributed by atoms with Gasteiger partial charge in [-0.25, -0.2) is 4.39 Å². The van der Waals surface area contributed by atoms with Crippen molar-refractivity contribution >= 4 is 0 Å². The fourth-order valence-corrected chi connectivity index (χ4v) is 1.82. The smallest absolute Gasteiger partial charge is 0.128 e. The van der Waals surface area contributed by atoms with Gasteiger partial charge < -0.3 is 9.80 Å². The second-order valence-electron chi connectivity index (χ2n) is 3.73. The number of halogens is 1. The van der Waals surface area contributed by atoms with E-state index in [9.17, 15) is 4.39 Å². The number of hydrogen-bond donors (Lipinski definition) is 0. The summed E-state index contributed by atoms with van der Waals surface area (Å²) < 4.78 is 13.5. The van der Waals surface area contributed by atoms with Gasteiger partial charge in [0.1, 0.15) is 6.17 Å². The third-order valence-electron chi connectivity index (χ3n) is 2.70. The second kappa shape index (κ2) is 7.18. The molecular formula is C11H25FN2. The Morgan fingerprint density at radius 3 is 2.29 bits per heavy atom. The monoisotopic (exact) mass is 204 g/mol. The highest BCUT2D eigenvalue weighted by Crippen LogP contribution is 2.17. The Bertz CT molecular complexity index is 139. The molecule has 1 aliphatic rings. The van der Waals surface area contributed by atoms with E-state index in [1.807, 2.05) is 32.8 Å².